The molecule has 0 fully saturated rings. The summed E-state index contributed by atoms with van der Waals surface area (Å²) in [6.45, 7) is 7.37. The molecule has 196 valence electrons. The maximum Gasteiger partial charge on any atom is 0.264 e. The first-order valence-electron chi connectivity index (χ1n) is 11.6. The Morgan fingerprint density at radius 2 is 1.57 bits per heavy atom. The van der Waals surface area contributed by atoms with E-state index in [4.69, 9.17) is 4.74 Å². The van der Waals surface area contributed by atoms with Gasteiger partial charge in [-0.15, -0.1) is 0 Å². The third kappa shape index (κ3) is 7.56. The van der Waals surface area contributed by atoms with Crippen LogP contribution in [0.15, 0.2) is 82.2 Å². The molecule has 0 aliphatic heterocycles. The van der Waals surface area contributed by atoms with Crippen LogP contribution in [0.1, 0.15) is 38.1 Å². The predicted molar refractivity (Wildman–Crippen MR) is 149 cm³/mol. The third-order valence-corrected chi connectivity index (χ3v) is 7.38. The molecular weight excluding hydrogens is 558 g/mol. The number of nitrogens with zero attached hydrogens (tertiary/aromatic N) is 1. The van der Waals surface area contributed by atoms with E-state index in [0.717, 1.165) is 8.78 Å². The summed E-state index contributed by atoms with van der Waals surface area (Å²) >= 11 is 3.31. The van der Waals surface area contributed by atoms with Gasteiger partial charge in [-0.1, -0.05) is 28.1 Å². The zero-order chi connectivity index (χ0) is 27.2. The molecule has 0 unspecified atom stereocenters. The lowest BCUT2D eigenvalue weighted by molar-refractivity contribution is -0.114. The summed E-state index contributed by atoms with van der Waals surface area (Å²) in [6.07, 6.45) is 0. The van der Waals surface area contributed by atoms with Gasteiger partial charge in [0.2, 0.25) is 5.91 Å². The lowest BCUT2D eigenvalue weighted by Crippen LogP contribution is -2.41. The van der Waals surface area contributed by atoms with Gasteiger partial charge in [-0.2, -0.15) is 0 Å². The lowest BCUT2D eigenvalue weighted by atomic mass is 10.1. The summed E-state index contributed by atoms with van der Waals surface area (Å²) < 4.78 is 34.4. The molecule has 0 bridgehead atoms. The molecule has 3 aromatic rings. The topological polar surface area (TPSA) is 105 Å². The van der Waals surface area contributed by atoms with Crippen LogP contribution in [0.25, 0.3) is 0 Å². The van der Waals surface area contributed by atoms with E-state index in [-0.39, 0.29) is 22.1 Å². The number of carbonyl (C=O) groups is 2. The van der Waals surface area contributed by atoms with Crippen LogP contribution in [-0.4, -0.2) is 38.9 Å². The number of sulfonamides is 1. The molecule has 0 aliphatic carbocycles. The average molecular weight is 589 g/mol. The molecule has 8 nitrogen and oxygen atoms in total. The van der Waals surface area contributed by atoms with Crippen molar-refractivity contribution in [2.45, 2.75) is 38.1 Å². The maximum absolute atomic E-state index is 13.6. The molecule has 37 heavy (non-hydrogen) atoms. The van der Waals surface area contributed by atoms with Gasteiger partial charge in [-0.3, -0.25) is 13.9 Å². The van der Waals surface area contributed by atoms with Crippen molar-refractivity contribution in [2.75, 3.05) is 22.8 Å². The van der Waals surface area contributed by atoms with Crippen molar-refractivity contribution in [1.29, 1.82) is 0 Å². The summed E-state index contributed by atoms with van der Waals surface area (Å²) in [4.78, 5) is 26.0. The summed E-state index contributed by atoms with van der Waals surface area (Å²) in [6, 6.07) is 19.2. The van der Waals surface area contributed by atoms with Crippen LogP contribution in [0.3, 0.4) is 0 Å². The fourth-order valence-electron chi connectivity index (χ4n) is 3.44. The molecule has 0 saturated carbocycles. The maximum atomic E-state index is 13.6. The molecule has 0 radical (unpaired) electrons. The molecule has 0 saturated heterocycles. The van der Waals surface area contributed by atoms with E-state index in [1.54, 1.807) is 60.7 Å². The van der Waals surface area contributed by atoms with E-state index in [9.17, 15) is 18.0 Å². The predicted octanol–water partition coefficient (Wildman–Crippen LogP) is 5.21. The number of rotatable bonds is 9. The third-order valence-electron chi connectivity index (χ3n) is 5.06. The largest absolute Gasteiger partial charge is 0.494 e. The molecule has 0 aliphatic rings. The van der Waals surface area contributed by atoms with Gasteiger partial charge in [0, 0.05) is 10.0 Å². The van der Waals surface area contributed by atoms with Crippen LogP contribution in [0.5, 0.6) is 5.75 Å². The van der Waals surface area contributed by atoms with Crippen molar-refractivity contribution in [3.05, 3.63) is 82.8 Å². The van der Waals surface area contributed by atoms with Gasteiger partial charge < -0.3 is 15.4 Å². The first-order valence-corrected chi connectivity index (χ1v) is 13.9. The van der Waals surface area contributed by atoms with E-state index < -0.39 is 28.0 Å². The Bertz CT molecular complexity index is 1350. The lowest BCUT2D eigenvalue weighted by Gasteiger charge is -2.25. The van der Waals surface area contributed by atoms with Crippen molar-refractivity contribution in [3.8, 4) is 5.75 Å². The highest BCUT2D eigenvalue weighted by molar-refractivity contribution is 9.10. The molecule has 0 atom stereocenters. The molecular formula is C27H30BrN3O5S. The van der Waals surface area contributed by atoms with Gasteiger partial charge in [0.25, 0.3) is 15.9 Å². The number of anilines is 2. The Morgan fingerprint density at radius 1 is 0.946 bits per heavy atom. The van der Waals surface area contributed by atoms with Gasteiger partial charge in [0.1, 0.15) is 12.3 Å². The van der Waals surface area contributed by atoms with Crippen LogP contribution in [0, 0.1) is 0 Å². The van der Waals surface area contributed by atoms with Crippen LogP contribution in [0.2, 0.25) is 0 Å². The molecule has 3 aromatic carbocycles. The number of nitrogens with one attached hydrogen (secondary N) is 2. The number of para-hydroxylation sites is 1. The minimum Gasteiger partial charge on any atom is -0.494 e. The Morgan fingerprint density at radius 3 is 2.16 bits per heavy atom. The Labute approximate surface area is 226 Å². The highest BCUT2D eigenvalue weighted by atomic mass is 79.9. The molecule has 0 aromatic heterocycles. The van der Waals surface area contributed by atoms with E-state index in [1.807, 2.05) is 27.7 Å². The average Bonchev–Trinajstić information content (AvgIpc) is 2.83. The van der Waals surface area contributed by atoms with E-state index in [1.165, 1.54) is 12.1 Å². The Balaban J connectivity index is 1.93. The first kappa shape index (κ1) is 28.2. The highest BCUT2D eigenvalue weighted by Crippen LogP contribution is 2.27. The smallest absolute Gasteiger partial charge is 0.264 e. The minimum absolute atomic E-state index is 0.0299. The number of amides is 2. The minimum atomic E-state index is -4.10. The summed E-state index contributed by atoms with van der Waals surface area (Å²) in [5.41, 5.74) is 0.369. The van der Waals surface area contributed by atoms with Crippen LogP contribution < -0.4 is 19.7 Å². The van der Waals surface area contributed by atoms with Gasteiger partial charge in [0.15, 0.2) is 0 Å². The second-order valence-corrected chi connectivity index (χ2v) is 12.0. The SMILES string of the molecule is CCOc1ccc(N(CC(=O)Nc2ccccc2C(=O)NC(C)(C)C)S(=O)(=O)c2ccc(Br)cc2)cc1. The van der Waals surface area contributed by atoms with E-state index in [2.05, 4.69) is 26.6 Å². The van der Waals surface area contributed by atoms with Crippen molar-refractivity contribution in [3.63, 3.8) is 0 Å². The molecule has 0 heterocycles. The van der Waals surface area contributed by atoms with Gasteiger partial charge in [-0.25, -0.2) is 8.42 Å². The first-order chi connectivity index (χ1) is 17.4. The summed E-state index contributed by atoms with van der Waals surface area (Å²) in [7, 11) is -4.10. The van der Waals surface area contributed by atoms with Crippen molar-refractivity contribution in [2.24, 2.45) is 0 Å². The van der Waals surface area contributed by atoms with Crippen LogP contribution >= 0.6 is 15.9 Å². The number of halogens is 1. The van der Waals surface area contributed by atoms with Gasteiger partial charge >= 0.3 is 0 Å². The van der Waals surface area contributed by atoms with Gasteiger partial charge in [0.05, 0.1) is 28.4 Å². The summed E-state index contributed by atoms with van der Waals surface area (Å²) in [5, 5.41) is 5.57. The van der Waals surface area contributed by atoms with E-state index >= 15 is 0 Å². The summed E-state index contributed by atoms with van der Waals surface area (Å²) in [5.74, 6) is -0.379. The molecule has 0 spiro atoms. The number of carbonyl (C=O) groups excluding carboxylic acids is 2. The molecule has 2 amide bonds. The molecule has 3 rings (SSSR count). The second kappa shape index (κ2) is 11.8. The second-order valence-electron chi connectivity index (χ2n) is 9.19. The van der Waals surface area contributed by atoms with Crippen LogP contribution in [-0.2, 0) is 14.8 Å². The van der Waals surface area contributed by atoms with Gasteiger partial charge in [-0.05, 0) is 88.4 Å². The fraction of sp³-hybridized carbons (Fsp3) is 0.259. The van der Waals surface area contributed by atoms with Crippen molar-refractivity contribution >= 4 is 49.1 Å². The van der Waals surface area contributed by atoms with Crippen molar-refractivity contribution in [1.82, 2.24) is 5.32 Å². The van der Waals surface area contributed by atoms with Crippen LogP contribution in [0.4, 0.5) is 11.4 Å². The monoisotopic (exact) mass is 587 g/mol. The quantitative estimate of drug-likeness (QED) is 0.357. The van der Waals surface area contributed by atoms with Crippen molar-refractivity contribution < 1.29 is 22.7 Å². The zero-order valence-corrected chi connectivity index (χ0v) is 23.5. The standard InChI is InChI=1S/C27H30BrN3O5S/c1-5-36-21-14-12-20(13-15-21)31(37(34,35)22-16-10-19(28)11-17-22)18-25(32)29-24-9-7-6-8-23(24)26(33)30-27(2,3)4/h6-17H,5,18H2,1-4H3,(H,29,32)(H,30,33). The number of hydrogen-bond acceptors (Lipinski definition) is 5. The Hall–Kier alpha value is -3.37. The number of hydrogen-bond donors (Lipinski definition) is 2. The number of ether oxygens (including phenoxy) is 1. The normalized spacial score (nSPS) is 11.5. The Kier molecular flexibility index (Phi) is 8.98. The fourth-order valence-corrected chi connectivity index (χ4v) is 5.13. The highest BCUT2D eigenvalue weighted by Gasteiger charge is 2.28. The van der Waals surface area contributed by atoms with E-state index in [0.29, 0.717) is 18.0 Å². The molecule has 10 heteroatoms. The zero-order valence-electron chi connectivity index (χ0n) is 21.1. The number of benzene rings is 3. The molecule has 2 N–H and O–H groups in total.